The van der Waals surface area contributed by atoms with Crippen molar-refractivity contribution in [2.75, 3.05) is 42.8 Å². The van der Waals surface area contributed by atoms with Gasteiger partial charge in [-0.3, -0.25) is 4.79 Å². The molecule has 5 rings (SSSR count). The molecule has 1 aliphatic heterocycles. The average molecular weight is 483 g/mol. The van der Waals surface area contributed by atoms with Gasteiger partial charge in [-0.25, -0.2) is 4.99 Å². The summed E-state index contributed by atoms with van der Waals surface area (Å²) >= 11 is 0. The summed E-state index contributed by atoms with van der Waals surface area (Å²) in [5, 5.41) is 14.2. The molecule has 36 heavy (non-hydrogen) atoms. The number of benzene rings is 3. The third-order valence-electron chi connectivity index (χ3n) is 5.86. The van der Waals surface area contributed by atoms with Gasteiger partial charge in [0.15, 0.2) is 0 Å². The molecule has 0 aliphatic carbocycles. The summed E-state index contributed by atoms with van der Waals surface area (Å²) in [7, 11) is 3.69. The van der Waals surface area contributed by atoms with Gasteiger partial charge in [0.25, 0.3) is 5.91 Å². The van der Waals surface area contributed by atoms with E-state index in [4.69, 9.17) is 14.1 Å². The Labute approximate surface area is 208 Å². The smallest absolute Gasteiger partial charge is 0.317 e. The molecule has 0 saturated heterocycles. The highest BCUT2D eigenvalue weighted by Crippen LogP contribution is 2.26. The molecular formula is C27H26N6O3. The Morgan fingerprint density at radius 1 is 0.972 bits per heavy atom. The fourth-order valence-corrected chi connectivity index (χ4v) is 3.91. The molecule has 1 aliphatic rings. The van der Waals surface area contributed by atoms with Gasteiger partial charge in [-0.15, -0.1) is 5.10 Å². The molecule has 0 spiro atoms. The Bertz CT molecular complexity index is 1370. The fourth-order valence-electron chi connectivity index (χ4n) is 3.91. The lowest BCUT2D eigenvalue weighted by Gasteiger charge is -2.18. The van der Waals surface area contributed by atoms with Crippen LogP contribution in [0.1, 0.15) is 11.1 Å². The molecule has 0 bridgehead atoms. The molecule has 0 saturated carbocycles. The number of likely N-dealkylation sites (N-methyl/N-ethyl adjacent to an activating group) is 1. The van der Waals surface area contributed by atoms with Crippen LogP contribution in [0.4, 0.5) is 17.4 Å². The lowest BCUT2D eigenvalue weighted by Crippen LogP contribution is -2.32. The van der Waals surface area contributed by atoms with E-state index >= 15 is 0 Å². The van der Waals surface area contributed by atoms with E-state index in [-0.39, 0.29) is 11.9 Å². The first-order valence-electron chi connectivity index (χ1n) is 11.6. The Morgan fingerprint density at radius 3 is 2.50 bits per heavy atom. The van der Waals surface area contributed by atoms with Gasteiger partial charge in [-0.05, 0) is 30.3 Å². The largest absolute Gasteiger partial charge is 0.403 e. The molecule has 9 heteroatoms. The lowest BCUT2D eigenvalue weighted by atomic mass is 10.0. The number of rotatable bonds is 8. The molecule has 1 unspecified atom stereocenters. The summed E-state index contributed by atoms with van der Waals surface area (Å²) in [5.74, 6) is 0.0183. The van der Waals surface area contributed by atoms with Gasteiger partial charge in [0, 0.05) is 43.1 Å². The van der Waals surface area contributed by atoms with Crippen LogP contribution in [0, 0.1) is 0 Å². The van der Waals surface area contributed by atoms with Crippen molar-refractivity contribution in [2.45, 2.75) is 6.17 Å². The van der Waals surface area contributed by atoms with Crippen molar-refractivity contribution in [3.05, 3.63) is 90.0 Å². The number of hydrogen-bond donors (Lipinski definition) is 2. The first kappa shape index (κ1) is 23.3. The maximum Gasteiger partial charge on any atom is 0.317 e. The van der Waals surface area contributed by atoms with Crippen LogP contribution < -0.4 is 15.5 Å². The molecule has 1 amide bonds. The standard InChI is InChI=1S/C27H26N6O3/c1-33(16-17-35-2)20-14-12-19(13-15-20)26-31-32-27(36-26)30-24-25(34)28-22-11-7-6-10-21(22)23(29-24)18-8-4-3-5-9-18/h3-15,24H,16-17H2,1-2H3,(H,28,34)(H,30,32). The number of para-hydroxylation sites is 1. The van der Waals surface area contributed by atoms with E-state index in [1.807, 2.05) is 85.9 Å². The topological polar surface area (TPSA) is 105 Å². The minimum atomic E-state index is -0.960. The molecule has 2 heterocycles. The second-order valence-corrected chi connectivity index (χ2v) is 8.30. The number of nitrogens with zero attached hydrogens (tertiary/aromatic N) is 4. The summed E-state index contributed by atoms with van der Waals surface area (Å²) < 4.78 is 11.0. The minimum Gasteiger partial charge on any atom is -0.403 e. The zero-order chi connectivity index (χ0) is 24.9. The molecule has 4 aromatic rings. The highest BCUT2D eigenvalue weighted by Gasteiger charge is 2.27. The number of methoxy groups -OCH3 is 1. The van der Waals surface area contributed by atoms with Gasteiger partial charge in [-0.1, -0.05) is 53.6 Å². The third-order valence-corrected chi connectivity index (χ3v) is 5.86. The summed E-state index contributed by atoms with van der Waals surface area (Å²) in [6.45, 7) is 1.43. The number of aliphatic imine (C=N–C) groups is 1. The van der Waals surface area contributed by atoms with Crippen molar-refractivity contribution in [1.82, 2.24) is 10.2 Å². The molecule has 2 N–H and O–H groups in total. The van der Waals surface area contributed by atoms with Gasteiger partial charge in [0.05, 0.1) is 18.0 Å². The van der Waals surface area contributed by atoms with Crippen LogP contribution in [0.25, 0.3) is 11.5 Å². The predicted octanol–water partition coefficient (Wildman–Crippen LogP) is 4.05. The first-order chi connectivity index (χ1) is 17.6. The predicted molar refractivity (Wildman–Crippen MR) is 139 cm³/mol. The molecule has 1 aromatic heterocycles. The second kappa shape index (κ2) is 10.4. The Hall–Kier alpha value is -4.50. The number of amides is 1. The molecule has 0 fully saturated rings. The average Bonchev–Trinajstić information content (AvgIpc) is 3.34. The maximum absolute atomic E-state index is 13.0. The van der Waals surface area contributed by atoms with Crippen molar-refractivity contribution in [2.24, 2.45) is 4.99 Å². The van der Waals surface area contributed by atoms with Crippen molar-refractivity contribution in [3.8, 4) is 11.5 Å². The molecule has 1 atom stereocenters. The van der Waals surface area contributed by atoms with Crippen LogP contribution >= 0.6 is 0 Å². The summed E-state index contributed by atoms with van der Waals surface area (Å²) in [6.07, 6.45) is -0.960. The number of carbonyl (C=O) groups is 1. The SMILES string of the molecule is COCCN(C)c1ccc(-c2nnc(NC3N=C(c4ccccc4)c4ccccc4NC3=O)o2)cc1. The van der Waals surface area contributed by atoms with Gasteiger partial charge in [-0.2, -0.15) is 0 Å². The zero-order valence-electron chi connectivity index (χ0n) is 20.0. The van der Waals surface area contributed by atoms with E-state index in [2.05, 4.69) is 25.7 Å². The van der Waals surface area contributed by atoms with Crippen LogP contribution in [-0.2, 0) is 9.53 Å². The van der Waals surface area contributed by atoms with Crippen LogP contribution in [0.3, 0.4) is 0 Å². The first-order valence-corrected chi connectivity index (χ1v) is 11.6. The monoisotopic (exact) mass is 482 g/mol. The van der Waals surface area contributed by atoms with Crippen LogP contribution in [-0.4, -0.2) is 55.3 Å². The van der Waals surface area contributed by atoms with E-state index in [0.717, 1.165) is 28.9 Å². The summed E-state index contributed by atoms with van der Waals surface area (Å²) in [6, 6.07) is 25.2. The number of hydrogen-bond acceptors (Lipinski definition) is 8. The van der Waals surface area contributed by atoms with E-state index < -0.39 is 6.17 Å². The highest BCUT2D eigenvalue weighted by atomic mass is 16.5. The molecule has 182 valence electrons. The number of ether oxygens (including phenoxy) is 1. The number of carbonyl (C=O) groups excluding carboxylic acids is 1. The Morgan fingerprint density at radius 2 is 1.72 bits per heavy atom. The molecule has 9 nitrogen and oxygen atoms in total. The van der Waals surface area contributed by atoms with Crippen molar-refractivity contribution in [3.63, 3.8) is 0 Å². The quantitative estimate of drug-likeness (QED) is 0.390. The Kier molecular flexibility index (Phi) is 6.72. The van der Waals surface area contributed by atoms with Crippen LogP contribution in [0.2, 0.25) is 0 Å². The van der Waals surface area contributed by atoms with Gasteiger partial charge in [0.1, 0.15) is 0 Å². The maximum atomic E-state index is 13.0. The van der Waals surface area contributed by atoms with Gasteiger partial charge in [0.2, 0.25) is 12.1 Å². The third kappa shape index (κ3) is 4.96. The van der Waals surface area contributed by atoms with E-state index in [0.29, 0.717) is 23.9 Å². The number of benzodiazepines with no additional fused rings is 1. The lowest BCUT2D eigenvalue weighted by molar-refractivity contribution is -0.116. The molecule has 3 aromatic carbocycles. The Balaban J connectivity index is 1.38. The number of anilines is 3. The van der Waals surface area contributed by atoms with Crippen molar-refractivity contribution < 1.29 is 13.9 Å². The van der Waals surface area contributed by atoms with Crippen LogP contribution in [0.15, 0.2) is 88.3 Å². The van der Waals surface area contributed by atoms with E-state index in [1.165, 1.54) is 0 Å². The minimum absolute atomic E-state index is 0.105. The summed E-state index contributed by atoms with van der Waals surface area (Å²) in [4.78, 5) is 19.9. The zero-order valence-corrected chi connectivity index (χ0v) is 20.0. The number of nitrogens with one attached hydrogen (secondary N) is 2. The summed E-state index contributed by atoms with van der Waals surface area (Å²) in [5.41, 5.74) is 4.93. The van der Waals surface area contributed by atoms with Gasteiger partial charge >= 0.3 is 6.01 Å². The number of fused-ring (bicyclic) bond motifs is 1. The van der Waals surface area contributed by atoms with Gasteiger partial charge < -0.3 is 24.7 Å². The fraction of sp³-hybridized carbons (Fsp3) is 0.185. The molecular weight excluding hydrogens is 456 g/mol. The van der Waals surface area contributed by atoms with E-state index in [9.17, 15) is 4.79 Å². The van der Waals surface area contributed by atoms with E-state index in [1.54, 1.807) is 7.11 Å². The van der Waals surface area contributed by atoms with Crippen molar-refractivity contribution >= 4 is 29.0 Å². The highest BCUT2D eigenvalue weighted by molar-refractivity contribution is 6.19. The van der Waals surface area contributed by atoms with Crippen molar-refractivity contribution in [1.29, 1.82) is 0 Å². The normalized spacial score (nSPS) is 14.9. The molecule has 0 radical (unpaired) electrons. The van der Waals surface area contributed by atoms with Crippen LogP contribution in [0.5, 0.6) is 0 Å². The number of aromatic nitrogens is 2. The second-order valence-electron chi connectivity index (χ2n) is 8.30.